The minimum Gasteiger partial charge on any atom is -0.365 e. The van der Waals surface area contributed by atoms with Gasteiger partial charge in [-0.05, 0) is 25.0 Å². The van der Waals surface area contributed by atoms with Crippen LogP contribution in [0.4, 0.5) is 10.1 Å². The molecule has 0 aliphatic carbocycles. The largest absolute Gasteiger partial charge is 0.365 e. The average molecular weight is 205 g/mol. The summed E-state index contributed by atoms with van der Waals surface area (Å²) >= 11 is 0. The van der Waals surface area contributed by atoms with Crippen LogP contribution >= 0.6 is 0 Å². The van der Waals surface area contributed by atoms with Crippen molar-refractivity contribution in [3.8, 4) is 6.07 Å². The number of hydrogen-bond acceptors (Lipinski definition) is 3. The van der Waals surface area contributed by atoms with E-state index in [-0.39, 0.29) is 12.7 Å². The highest BCUT2D eigenvalue weighted by Gasteiger charge is 2.24. The quantitative estimate of drug-likeness (QED) is 0.740. The highest BCUT2D eigenvalue weighted by Crippen LogP contribution is 2.24. The van der Waals surface area contributed by atoms with E-state index in [2.05, 4.69) is 4.98 Å². The zero-order valence-corrected chi connectivity index (χ0v) is 8.36. The van der Waals surface area contributed by atoms with Crippen LogP contribution in [0, 0.1) is 11.3 Å². The number of pyridine rings is 1. The number of anilines is 1. The van der Waals surface area contributed by atoms with Crippen LogP contribution in [0.3, 0.4) is 0 Å². The Morgan fingerprint density at radius 3 is 3.07 bits per heavy atom. The number of nitriles is 1. The van der Waals surface area contributed by atoms with E-state index in [0.717, 1.165) is 25.1 Å². The molecule has 3 nitrogen and oxygen atoms in total. The van der Waals surface area contributed by atoms with Crippen molar-refractivity contribution in [3.05, 3.63) is 24.0 Å². The first kappa shape index (κ1) is 9.91. The molecule has 0 aromatic carbocycles. The fourth-order valence-corrected chi connectivity index (χ4v) is 1.96. The van der Waals surface area contributed by atoms with E-state index in [0.29, 0.717) is 5.69 Å². The van der Waals surface area contributed by atoms with Crippen LogP contribution in [0.15, 0.2) is 18.3 Å². The van der Waals surface area contributed by atoms with E-state index in [1.165, 1.54) is 0 Å². The molecule has 1 saturated heterocycles. The van der Waals surface area contributed by atoms with Gasteiger partial charge < -0.3 is 4.90 Å². The van der Waals surface area contributed by atoms with Gasteiger partial charge in [-0.25, -0.2) is 9.37 Å². The zero-order chi connectivity index (χ0) is 10.7. The van der Waals surface area contributed by atoms with Crippen molar-refractivity contribution < 1.29 is 4.39 Å². The summed E-state index contributed by atoms with van der Waals surface area (Å²) in [6, 6.07) is 5.45. The highest BCUT2D eigenvalue weighted by atomic mass is 19.1. The summed E-state index contributed by atoms with van der Waals surface area (Å²) in [5, 5.41) is 8.61. The molecule has 0 bridgehead atoms. The van der Waals surface area contributed by atoms with Crippen LogP contribution in [0.2, 0.25) is 0 Å². The molecule has 0 radical (unpaired) electrons. The average Bonchev–Trinajstić information content (AvgIpc) is 2.77. The fraction of sp³-hybridized carbons (Fsp3) is 0.455. The molecule has 0 N–H and O–H groups in total. The SMILES string of the molecule is N#Cc1ccc(N2CCC[C@@H]2CF)cn1. The third-order valence-corrected chi connectivity index (χ3v) is 2.75. The number of alkyl halides is 1. The van der Waals surface area contributed by atoms with Crippen molar-refractivity contribution in [3.63, 3.8) is 0 Å². The standard InChI is InChI=1S/C11H12FN3/c12-6-10-2-1-5-15(10)11-4-3-9(7-13)14-8-11/h3-4,8,10H,1-2,5-6H2/t10-/m1/s1. The number of nitrogens with zero attached hydrogens (tertiary/aromatic N) is 3. The molecule has 0 amide bonds. The number of aromatic nitrogens is 1. The molecular formula is C11H12FN3. The molecule has 15 heavy (non-hydrogen) atoms. The van der Waals surface area contributed by atoms with Gasteiger partial charge in [0.1, 0.15) is 18.4 Å². The van der Waals surface area contributed by atoms with Gasteiger partial charge in [-0.2, -0.15) is 5.26 Å². The van der Waals surface area contributed by atoms with E-state index in [1.807, 2.05) is 17.0 Å². The molecule has 1 aliphatic rings. The number of halogens is 1. The smallest absolute Gasteiger partial charge is 0.140 e. The molecule has 4 heteroatoms. The van der Waals surface area contributed by atoms with E-state index in [4.69, 9.17) is 5.26 Å². The molecule has 0 saturated carbocycles. The normalized spacial score (nSPS) is 20.3. The van der Waals surface area contributed by atoms with E-state index < -0.39 is 0 Å². The molecule has 2 heterocycles. The molecule has 2 rings (SSSR count). The Morgan fingerprint density at radius 2 is 2.47 bits per heavy atom. The molecule has 1 aromatic rings. The zero-order valence-electron chi connectivity index (χ0n) is 8.36. The van der Waals surface area contributed by atoms with Crippen LogP contribution in [-0.4, -0.2) is 24.2 Å². The second kappa shape index (κ2) is 4.26. The Labute approximate surface area is 88.2 Å². The molecule has 1 aromatic heterocycles. The fourth-order valence-electron chi connectivity index (χ4n) is 1.96. The summed E-state index contributed by atoms with van der Waals surface area (Å²) in [6.45, 7) is 0.558. The number of hydrogen-bond donors (Lipinski definition) is 0. The first-order chi connectivity index (χ1) is 7.35. The van der Waals surface area contributed by atoms with Crippen LogP contribution in [0.5, 0.6) is 0 Å². The molecule has 1 fully saturated rings. The van der Waals surface area contributed by atoms with Crippen molar-refractivity contribution in [1.29, 1.82) is 5.26 Å². The van der Waals surface area contributed by atoms with Gasteiger partial charge in [0.05, 0.1) is 17.9 Å². The molecular weight excluding hydrogens is 193 g/mol. The summed E-state index contributed by atoms with van der Waals surface area (Å²) in [5.41, 5.74) is 1.31. The lowest BCUT2D eigenvalue weighted by Gasteiger charge is -2.24. The number of rotatable bonds is 2. The third-order valence-electron chi connectivity index (χ3n) is 2.75. The lowest BCUT2D eigenvalue weighted by atomic mass is 10.2. The van der Waals surface area contributed by atoms with Gasteiger partial charge in [-0.15, -0.1) is 0 Å². The summed E-state index contributed by atoms with van der Waals surface area (Å²) in [7, 11) is 0. The Kier molecular flexibility index (Phi) is 2.82. The Hall–Kier alpha value is -1.63. The first-order valence-electron chi connectivity index (χ1n) is 5.04. The van der Waals surface area contributed by atoms with Crippen molar-refractivity contribution in [2.24, 2.45) is 0 Å². The summed E-state index contributed by atoms with van der Waals surface area (Å²) in [5.74, 6) is 0. The van der Waals surface area contributed by atoms with Gasteiger partial charge in [0, 0.05) is 6.54 Å². The minimum atomic E-state index is -0.319. The van der Waals surface area contributed by atoms with Gasteiger partial charge in [0.25, 0.3) is 0 Å². The Morgan fingerprint density at radius 1 is 1.60 bits per heavy atom. The minimum absolute atomic E-state index is 0.0141. The molecule has 1 atom stereocenters. The Balaban J connectivity index is 2.19. The van der Waals surface area contributed by atoms with E-state index in [1.54, 1.807) is 12.3 Å². The van der Waals surface area contributed by atoms with Crippen molar-refractivity contribution in [1.82, 2.24) is 4.98 Å². The van der Waals surface area contributed by atoms with Crippen LogP contribution in [0.1, 0.15) is 18.5 Å². The van der Waals surface area contributed by atoms with Gasteiger partial charge in [0.2, 0.25) is 0 Å². The van der Waals surface area contributed by atoms with Crippen molar-refractivity contribution >= 4 is 5.69 Å². The summed E-state index contributed by atoms with van der Waals surface area (Å²) < 4.78 is 12.7. The Bertz CT molecular complexity index is 368. The summed E-state index contributed by atoms with van der Waals surface area (Å²) in [6.07, 6.45) is 3.57. The third kappa shape index (κ3) is 1.91. The first-order valence-corrected chi connectivity index (χ1v) is 5.04. The molecule has 1 aliphatic heterocycles. The maximum Gasteiger partial charge on any atom is 0.140 e. The second-order valence-electron chi connectivity index (χ2n) is 3.66. The van der Waals surface area contributed by atoms with Crippen LogP contribution in [0.25, 0.3) is 0 Å². The monoisotopic (exact) mass is 205 g/mol. The second-order valence-corrected chi connectivity index (χ2v) is 3.66. The van der Waals surface area contributed by atoms with Gasteiger partial charge >= 0.3 is 0 Å². The highest BCUT2D eigenvalue weighted by molar-refractivity contribution is 5.47. The van der Waals surface area contributed by atoms with Crippen LogP contribution in [-0.2, 0) is 0 Å². The van der Waals surface area contributed by atoms with Gasteiger partial charge in [-0.1, -0.05) is 0 Å². The van der Waals surface area contributed by atoms with E-state index >= 15 is 0 Å². The maximum atomic E-state index is 12.7. The predicted molar refractivity (Wildman–Crippen MR) is 55.3 cm³/mol. The summed E-state index contributed by atoms with van der Waals surface area (Å²) in [4.78, 5) is 6.01. The maximum absolute atomic E-state index is 12.7. The van der Waals surface area contributed by atoms with Crippen LogP contribution < -0.4 is 4.90 Å². The van der Waals surface area contributed by atoms with Crippen molar-refractivity contribution in [2.75, 3.05) is 18.1 Å². The lowest BCUT2D eigenvalue weighted by molar-refractivity contribution is 0.428. The van der Waals surface area contributed by atoms with Gasteiger partial charge in [0.15, 0.2) is 0 Å². The topological polar surface area (TPSA) is 39.9 Å². The van der Waals surface area contributed by atoms with E-state index in [9.17, 15) is 4.39 Å². The molecule has 0 spiro atoms. The predicted octanol–water partition coefficient (Wildman–Crippen LogP) is 1.89. The molecule has 0 unspecified atom stereocenters. The van der Waals surface area contributed by atoms with Crippen molar-refractivity contribution in [2.45, 2.75) is 18.9 Å². The molecule has 78 valence electrons. The lowest BCUT2D eigenvalue weighted by Crippen LogP contribution is -2.30. The van der Waals surface area contributed by atoms with Gasteiger partial charge in [-0.3, -0.25) is 0 Å².